The van der Waals surface area contributed by atoms with Gasteiger partial charge in [-0.15, -0.1) is 6.58 Å². The highest BCUT2D eigenvalue weighted by Crippen LogP contribution is 2.05. The molecular weight excluding hydrogens is 164 g/mol. The minimum Gasteiger partial charge on any atom is -0.465 e. The number of unbranched alkanes of at least 4 members (excludes halogenated alkanes) is 2. The van der Waals surface area contributed by atoms with Gasteiger partial charge in [0.2, 0.25) is 0 Å². The van der Waals surface area contributed by atoms with E-state index in [2.05, 4.69) is 11.6 Å². The van der Waals surface area contributed by atoms with E-state index in [-0.39, 0.29) is 0 Å². The smallest absolute Gasteiger partial charge is 0.295 e. The number of nitrogens with zero attached hydrogens (tertiary/aromatic N) is 2. The van der Waals surface area contributed by atoms with Crippen LogP contribution in [0.1, 0.15) is 19.3 Å². The first-order valence-electron chi connectivity index (χ1n) is 4.55. The first-order valence-corrected chi connectivity index (χ1v) is 4.55. The van der Waals surface area contributed by atoms with Gasteiger partial charge >= 0.3 is 0 Å². The van der Waals surface area contributed by atoms with Crippen molar-refractivity contribution >= 4 is 0 Å². The molecule has 0 saturated heterocycles. The monoisotopic (exact) mass is 180 g/mol. The van der Waals surface area contributed by atoms with E-state index in [0.717, 1.165) is 25.9 Å². The van der Waals surface area contributed by atoms with E-state index in [1.807, 2.05) is 23.9 Å². The molecule has 0 aliphatic carbocycles. The topological polar surface area (TPSA) is 27.1 Å². The summed E-state index contributed by atoms with van der Waals surface area (Å²) in [4.78, 5) is 4.05. The summed E-state index contributed by atoms with van der Waals surface area (Å²) in [6.45, 7) is 4.40. The Balaban J connectivity index is 2.13. The van der Waals surface area contributed by atoms with Gasteiger partial charge in [-0.2, -0.15) is 0 Å². The van der Waals surface area contributed by atoms with Crippen molar-refractivity contribution in [1.29, 1.82) is 0 Å². The fourth-order valence-corrected chi connectivity index (χ4v) is 1.05. The molecule has 13 heavy (non-hydrogen) atoms. The van der Waals surface area contributed by atoms with Gasteiger partial charge in [0.15, 0.2) is 0 Å². The van der Waals surface area contributed by atoms with Crippen LogP contribution in [0.4, 0.5) is 0 Å². The zero-order valence-electron chi connectivity index (χ0n) is 8.07. The highest BCUT2D eigenvalue weighted by Gasteiger charge is 1.97. The van der Waals surface area contributed by atoms with Crippen LogP contribution >= 0.6 is 0 Å². The Hall–Kier alpha value is -1.25. The second-order valence-electron chi connectivity index (χ2n) is 2.95. The summed E-state index contributed by atoms with van der Waals surface area (Å²) in [5, 5.41) is 0. The van der Waals surface area contributed by atoms with Gasteiger partial charge in [-0.3, -0.25) is 0 Å². The summed E-state index contributed by atoms with van der Waals surface area (Å²) >= 11 is 0. The maximum absolute atomic E-state index is 5.44. The Morgan fingerprint density at radius 2 is 2.46 bits per heavy atom. The summed E-state index contributed by atoms with van der Waals surface area (Å²) in [6.07, 6.45) is 8.79. The molecule has 0 unspecified atom stereocenters. The summed E-state index contributed by atoms with van der Waals surface area (Å²) in [5.74, 6) is 0. The molecule has 0 aliphatic rings. The van der Waals surface area contributed by atoms with E-state index in [1.54, 1.807) is 6.20 Å². The van der Waals surface area contributed by atoms with Gasteiger partial charge < -0.3 is 9.30 Å². The fourth-order valence-electron chi connectivity index (χ4n) is 1.05. The lowest BCUT2D eigenvalue weighted by Gasteiger charge is -2.03. The van der Waals surface area contributed by atoms with Crippen LogP contribution in [0.25, 0.3) is 0 Å². The molecule has 0 fully saturated rings. The number of hydrogen-bond acceptors (Lipinski definition) is 2. The molecule has 0 aliphatic heterocycles. The van der Waals surface area contributed by atoms with Crippen molar-refractivity contribution in [3.8, 4) is 6.01 Å². The SMILES string of the molecule is C=CCCCCOc1nccn1C. The molecule has 72 valence electrons. The average molecular weight is 180 g/mol. The van der Waals surface area contributed by atoms with Crippen molar-refractivity contribution in [1.82, 2.24) is 9.55 Å². The van der Waals surface area contributed by atoms with Crippen molar-refractivity contribution in [2.75, 3.05) is 6.61 Å². The van der Waals surface area contributed by atoms with Crippen LogP contribution in [0.2, 0.25) is 0 Å². The normalized spacial score (nSPS) is 9.92. The maximum atomic E-state index is 5.44. The van der Waals surface area contributed by atoms with Gasteiger partial charge in [-0.05, 0) is 19.3 Å². The van der Waals surface area contributed by atoms with E-state index >= 15 is 0 Å². The van der Waals surface area contributed by atoms with Crippen molar-refractivity contribution in [3.05, 3.63) is 25.0 Å². The van der Waals surface area contributed by atoms with E-state index in [9.17, 15) is 0 Å². The molecule has 1 aromatic heterocycles. The number of aromatic nitrogens is 2. The molecule has 0 amide bonds. The molecule has 0 aromatic carbocycles. The van der Waals surface area contributed by atoms with Crippen LogP contribution in [-0.4, -0.2) is 16.2 Å². The Bertz CT molecular complexity index is 255. The van der Waals surface area contributed by atoms with Gasteiger partial charge in [0.25, 0.3) is 6.01 Å². The second-order valence-corrected chi connectivity index (χ2v) is 2.95. The quantitative estimate of drug-likeness (QED) is 0.495. The van der Waals surface area contributed by atoms with Crippen molar-refractivity contribution < 1.29 is 4.74 Å². The predicted molar refractivity (Wildman–Crippen MR) is 52.8 cm³/mol. The van der Waals surface area contributed by atoms with Crippen LogP contribution in [0, 0.1) is 0 Å². The molecule has 0 N–H and O–H groups in total. The molecule has 1 rings (SSSR count). The summed E-state index contributed by atoms with van der Waals surface area (Å²) in [7, 11) is 1.92. The number of imidazole rings is 1. The number of rotatable bonds is 6. The third-order valence-corrected chi connectivity index (χ3v) is 1.81. The molecule has 3 heteroatoms. The predicted octanol–water partition coefficient (Wildman–Crippen LogP) is 2.16. The van der Waals surface area contributed by atoms with E-state index in [1.165, 1.54) is 0 Å². The molecule has 0 bridgehead atoms. The van der Waals surface area contributed by atoms with Crippen LogP contribution in [0.15, 0.2) is 25.0 Å². The third kappa shape index (κ3) is 3.32. The zero-order valence-corrected chi connectivity index (χ0v) is 8.07. The van der Waals surface area contributed by atoms with Gasteiger partial charge in [-0.1, -0.05) is 6.08 Å². The molecule has 1 heterocycles. The Kier molecular flexibility index (Phi) is 4.09. The molecule has 0 spiro atoms. The highest BCUT2D eigenvalue weighted by molar-refractivity contribution is 4.96. The summed E-state index contributed by atoms with van der Waals surface area (Å²) in [5.41, 5.74) is 0. The minimum atomic E-state index is 0.693. The lowest BCUT2D eigenvalue weighted by Crippen LogP contribution is -2.01. The van der Waals surface area contributed by atoms with Crippen molar-refractivity contribution in [3.63, 3.8) is 0 Å². The van der Waals surface area contributed by atoms with Gasteiger partial charge in [0, 0.05) is 19.4 Å². The first kappa shape index (κ1) is 9.84. The molecule has 3 nitrogen and oxygen atoms in total. The lowest BCUT2D eigenvalue weighted by molar-refractivity contribution is 0.275. The Morgan fingerprint density at radius 1 is 1.62 bits per heavy atom. The van der Waals surface area contributed by atoms with Crippen molar-refractivity contribution in [2.45, 2.75) is 19.3 Å². The molecule has 0 radical (unpaired) electrons. The lowest BCUT2D eigenvalue weighted by atomic mass is 10.2. The van der Waals surface area contributed by atoms with E-state index in [4.69, 9.17) is 4.74 Å². The zero-order chi connectivity index (χ0) is 9.52. The molecule has 1 aromatic rings. The first-order chi connectivity index (χ1) is 6.34. The fraction of sp³-hybridized carbons (Fsp3) is 0.500. The summed E-state index contributed by atoms with van der Waals surface area (Å²) in [6, 6.07) is 0.693. The van der Waals surface area contributed by atoms with Crippen molar-refractivity contribution in [2.24, 2.45) is 7.05 Å². The van der Waals surface area contributed by atoms with Crippen LogP contribution in [-0.2, 0) is 7.05 Å². The highest BCUT2D eigenvalue weighted by atomic mass is 16.5. The average Bonchev–Trinajstić information content (AvgIpc) is 2.52. The number of allylic oxidation sites excluding steroid dienone is 1. The second kappa shape index (κ2) is 5.41. The van der Waals surface area contributed by atoms with Gasteiger partial charge in [0.1, 0.15) is 0 Å². The molecule has 0 saturated carbocycles. The maximum Gasteiger partial charge on any atom is 0.295 e. The molecular formula is C10H16N2O. The Morgan fingerprint density at radius 3 is 3.08 bits per heavy atom. The number of ether oxygens (including phenoxy) is 1. The van der Waals surface area contributed by atoms with Crippen LogP contribution in [0.3, 0.4) is 0 Å². The van der Waals surface area contributed by atoms with Crippen LogP contribution < -0.4 is 4.74 Å². The number of hydrogen-bond donors (Lipinski definition) is 0. The largest absolute Gasteiger partial charge is 0.465 e. The van der Waals surface area contributed by atoms with Crippen LogP contribution in [0.5, 0.6) is 6.01 Å². The Labute approximate surface area is 79.0 Å². The number of aryl methyl sites for hydroxylation is 1. The standard InChI is InChI=1S/C10H16N2O/c1-3-4-5-6-9-13-10-11-7-8-12(10)2/h3,7-8H,1,4-6,9H2,2H3. The van der Waals surface area contributed by atoms with E-state index < -0.39 is 0 Å². The molecule has 0 atom stereocenters. The van der Waals surface area contributed by atoms with Gasteiger partial charge in [0.05, 0.1) is 6.61 Å². The van der Waals surface area contributed by atoms with Gasteiger partial charge in [-0.25, -0.2) is 4.98 Å². The summed E-state index contributed by atoms with van der Waals surface area (Å²) < 4.78 is 7.31. The minimum absolute atomic E-state index is 0.693. The van der Waals surface area contributed by atoms with E-state index in [0.29, 0.717) is 6.01 Å². The third-order valence-electron chi connectivity index (χ3n) is 1.81.